The molecule has 0 spiro atoms. The van der Waals surface area contributed by atoms with Gasteiger partial charge in [0.2, 0.25) is 0 Å². The van der Waals surface area contributed by atoms with Gasteiger partial charge in [0.1, 0.15) is 0 Å². The van der Waals surface area contributed by atoms with E-state index >= 15 is 0 Å². The average molecular weight is 312 g/mol. The summed E-state index contributed by atoms with van der Waals surface area (Å²) in [4.78, 5) is 11.1. The molecule has 0 aromatic carbocycles. The van der Waals surface area contributed by atoms with Gasteiger partial charge in [0.25, 0.3) is 0 Å². The van der Waals surface area contributed by atoms with Gasteiger partial charge in [0, 0.05) is 6.42 Å². The predicted octanol–water partition coefficient (Wildman–Crippen LogP) is 2.55. The van der Waals surface area contributed by atoms with E-state index in [2.05, 4.69) is 0 Å². The van der Waals surface area contributed by atoms with E-state index in [0.29, 0.717) is 19.4 Å². The van der Waals surface area contributed by atoms with Crippen molar-refractivity contribution in [3.05, 3.63) is 0 Å². The Kier molecular flexibility index (Phi) is 20.8. The van der Waals surface area contributed by atoms with E-state index in [4.69, 9.17) is 9.84 Å². The molecule has 122 valence electrons. The van der Waals surface area contributed by atoms with Gasteiger partial charge < -0.3 is 14.9 Å². The number of aliphatic hydroxyl groups is 2. The Bertz CT molecular complexity index is 224. The summed E-state index contributed by atoms with van der Waals surface area (Å²) in [6, 6.07) is 0. The molecule has 0 radical (unpaired) electrons. The van der Waals surface area contributed by atoms with E-state index in [-0.39, 0.29) is 42.1 Å². The molecule has 0 aliphatic heterocycles. The molecule has 2 N–H and O–H groups in total. The van der Waals surface area contributed by atoms with E-state index in [9.17, 15) is 9.90 Å². The van der Waals surface area contributed by atoms with Crippen molar-refractivity contribution in [2.24, 2.45) is 0 Å². The van der Waals surface area contributed by atoms with Gasteiger partial charge >= 0.3 is 35.5 Å². The van der Waals surface area contributed by atoms with Crippen LogP contribution in [0.5, 0.6) is 0 Å². The van der Waals surface area contributed by atoms with E-state index in [0.717, 1.165) is 25.7 Å². The first-order valence-corrected chi connectivity index (χ1v) is 8.15. The van der Waals surface area contributed by atoms with Crippen molar-refractivity contribution in [2.75, 3.05) is 13.2 Å². The van der Waals surface area contributed by atoms with Crippen LogP contribution in [-0.2, 0) is 9.53 Å². The second-order valence-corrected chi connectivity index (χ2v) is 5.36. The Morgan fingerprint density at radius 2 is 1.43 bits per heavy atom. The van der Waals surface area contributed by atoms with Crippen molar-refractivity contribution >= 4 is 35.5 Å². The quantitative estimate of drug-likeness (QED) is 0.294. The van der Waals surface area contributed by atoms with Gasteiger partial charge in [-0.1, -0.05) is 51.4 Å². The maximum absolute atomic E-state index is 11.1. The standard InChI is InChI=1S/C16H32O4.Na.H/c1-2-20-16(19)13-11-9-7-5-3-4-6-8-10-12-15(18)14-17;;/h15,17-18H,2-14H2,1H3;;. The van der Waals surface area contributed by atoms with Gasteiger partial charge in [-0.15, -0.1) is 0 Å². The van der Waals surface area contributed by atoms with Crippen LogP contribution >= 0.6 is 0 Å². The molecule has 0 heterocycles. The Labute approximate surface area is 151 Å². The number of esters is 1. The number of unbranched alkanes of at least 4 members (excludes halogenated alkanes) is 8. The monoisotopic (exact) mass is 312 g/mol. The molecular formula is C16H33NaO4. The molecule has 0 bridgehead atoms. The average Bonchev–Trinajstić information content (AvgIpc) is 2.44. The minimum absolute atomic E-state index is 0. The molecule has 0 aliphatic carbocycles. The molecular weight excluding hydrogens is 279 g/mol. The van der Waals surface area contributed by atoms with Crippen LogP contribution < -0.4 is 0 Å². The zero-order valence-electron chi connectivity index (χ0n) is 13.0. The van der Waals surface area contributed by atoms with Crippen molar-refractivity contribution in [1.82, 2.24) is 0 Å². The number of hydrogen-bond acceptors (Lipinski definition) is 4. The van der Waals surface area contributed by atoms with Gasteiger partial charge in [-0.05, 0) is 19.8 Å². The van der Waals surface area contributed by atoms with E-state index in [1.165, 1.54) is 32.1 Å². The van der Waals surface area contributed by atoms with Crippen molar-refractivity contribution in [2.45, 2.75) is 83.7 Å². The number of carbonyl (C=O) groups excluding carboxylic acids is 1. The summed E-state index contributed by atoms with van der Waals surface area (Å²) < 4.78 is 4.88. The fraction of sp³-hybridized carbons (Fsp3) is 0.938. The predicted molar refractivity (Wildman–Crippen MR) is 87.7 cm³/mol. The van der Waals surface area contributed by atoms with Crippen LogP contribution in [0.2, 0.25) is 0 Å². The summed E-state index contributed by atoms with van der Waals surface area (Å²) in [7, 11) is 0. The molecule has 1 atom stereocenters. The Balaban J connectivity index is 0. The summed E-state index contributed by atoms with van der Waals surface area (Å²) in [6.45, 7) is 2.20. The van der Waals surface area contributed by atoms with Crippen molar-refractivity contribution in [1.29, 1.82) is 0 Å². The summed E-state index contributed by atoms with van der Waals surface area (Å²) >= 11 is 0. The molecule has 0 fully saturated rings. The van der Waals surface area contributed by atoms with Gasteiger partial charge in [-0.25, -0.2) is 0 Å². The number of rotatable bonds is 14. The summed E-state index contributed by atoms with van der Waals surface area (Å²) in [5, 5.41) is 17.8. The second kappa shape index (κ2) is 18.4. The van der Waals surface area contributed by atoms with Crippen LogP contribution in [0, 0.1) is 0 Å². The Morgan fingerprint density at radius 1 is 0.952 bits per heavy atom. The number of ether oxygens (including phenoxy) is 1. The molecule has 21 heavy (non-hydrogen) atoms. The zero-order chi connectivity index (χ0) is 15.1. The Hall–Kier alpha value is 0.390. The first-order valence-electron chi connectivity index (χ1n) is 8.15. The van der Waals surface area contributed by atoms with Crippen molar-refractivity contribution in [3.8, 4) is 0 Å². The van der Waals surface area contributed by atoms with Crippen molar-refractivity contribution < 1.29 is 19.7 Å². The SMILES string of the molecule is CCOC(=O)CCCCCCCCCCCC(O)CO.[NaH]. The molecule has 4 nitrogen and oxygen atoms in total. The molecule has 0 saturated carbocycles. The maximum atomic E-state index is 11.1. The molecule has 5 heteroatoms. The molecule has 0 amide bonds. The van der Waals surface area contributed by atoms with Gasteiger partial charge in [-0.3, -0.25) is 4.79 Å². The first-order chi connectivity index (χ1) is 9.70. The summed E-state index contributed by atoms with van der Waals surface area (Å²) in [5.74, 6) is -0.0717. The molecule has 0 aliphatic rings. The van der Waals surface area contributed by atoms with E-state index in [1.807, 2.05) is 6.92 Å². The van der Waals surface area contributed by atoms with Crippen LogP contribution in [0.15, 0.2) is 0 Å². The van der Waals surface area contributed by atoms with Crippen LogP contribution in [0.3, 0.4) is 0 Å². The van der Waals surface area contributed by atoms with Crippen LogP contribution in [-0.4, -0.2) is 65.1 Å². The second-order valence-electron chi connectivity index (χ2n) is 5.36. The third-order valence-corrected chi connectivity index (χ3v) is 3.43. The third kappa shape index (κ3) is 18.3. The van der Waals surface area contributed by atoms with Gasteiger partial charge in [0.05, 0.1) is 19.3 Å². The minimum atomic E-state index is -0.533. The molecule has 0 rings (SSSR count). The van der Waals surface area contributed by atoms with Crippen LogP contribution in [0.4, 0.5) is 0 Å². The van der Waals surface area contributed by atoms with Crippen LogP contribution in [0.1, 0.15) is 77.6 Å². The molecule has 0 aromatic heterocycles. The zero-order valence-corrected chi connectivity index (χ0v) is 13.0. The molecule has 0 aromatic rings. The number of hydrogen-bond donors (Lipinski definition) is 2. The third-order valence-electron chi connectivity index (χ3n) is 3.43. The van der Waals surface area contributed by atoms with Gasteiger partial charge in [-0.2, -0.15) is 0 Å². The molecule has 1 unspecified atom stereocenters. The van der Waals surface area contributed by atoms with Crippen LogP contribution in [0.25, 0.3) is 0 Å². The van der Waals surface area contributed by atoms with E-state index < -0.39 is 6.10 Å². The van der Waals surface area contributed by atoms with Gasteiger partial charge in [0.15, 0.2) is 0 Å². The fourth-order valence-electron chi connectivity index (χ4n) is 2.21. The first kappa shape index (κ1) is 23.7. The summed E-state index contributed by atoms with van der Waals surface area (Å²) in [5.41, 5.74) is 0. The van der Waals surface area contributed by atoms with E-state index in [1.54, 1.807) is 0 Å². The normalized spacial score (nSPS) is 11.8. The fourth-order valence-corrected chi connectivity index (χ4v) is 2.21. The topological polar surface area (TPSA) is 66.8 Å². The van der Waals surface area contributed by atoms with Crippen molar-refractivity contribution in [3.63, 3.8) is 0 Å². The number of carbonyl (C=O) groups is 1. The Morgan fingerprint density at radius 3 is 1.90 bits per heavy atom. The summed E-state index contributed by atoms with van der Waals surface area (Å²) in [6.07, 6.45) is 11.1. The number of aliphatic hydroxyl groups excluding tert-OH is 2. The molecule has 0 saturated heterocycles.